The molecule has 53 heavy (non-hydrogen) atoms. The molecule has 0 heterocycles. The fourth-order valence-corrected chi connectivity index (χ4v) is 5.59. The van der Waals surface area contributed by atoms with Crippen LogP contribution in [0.15, 0.2) is 24.3 Å². The first-order chi connectivity index (χ1) is 24.9. The zero-order chi connectivity index (χ0) is 40.2. The first-order valence-corrected chi connectivity index (χ1v) is 18.7. The maximum absolute atomic E-state index is 13.6. The van der Waals surface area contributed by atoms with Crippen LogP contribution in [0.2, 0.25) is 0 Å². The summed E-state index contributed by atoms with van der Waals surface area (Å²) in [6, 6.07) is 2.90. The molecular formula is C38H63N7O8. The number of benzene rings is 1. The van der Waals surface area contributed by atoms with Gasteiger partial charge in [-0.05, 0) is 61.6 Å². The molecule has 0 aliphatic rings. The third-order valence-corrected chi connectivity index (χ3v) is 8.91. The van der Waals surface area contributed by atoms with Crippen LogP contribution in [0, 0.1) is 17.8 Å². The van der Waals surface area contributed by atoms with Crippen molar-refractivity contribution in [1.82, 2.24) is 31.9 Å². The molecule has 0 aromatic heterocycles. The molecule has 2 unspecified atom stereocenters. The Morgan fingerprint density at radius 3 is 2.04 bits per heavy atom. The van der Waals surface area contributed by atoms with E-state index in [2.05, 4.69) is 31.9 Å². The second-order valence-electron chi connectivity index (χ2n) is 14.5. The van der Waals surface area contributed by atoms with Gasteiger partial charge in [-0.25, -0.2) is 0 Å². The fraction of sp³-hybridized carbons (Fsp3) is 0.658. The van der Waals surface area contributed by atoms with Crippen LogP contribution in [0.3, 0.4) is 0 Å². The molecule has 6 amide bonds. The van der Waals surface area contributed by atoms with Crippen molar-refractivity contribution in [1.29, 1.82) is 0 Å². The van der Waals surface area contributed by atoms with Gasteiger partial charge >= 0.3 is 5.97 Å². The molecule has 1 aromatic carbocycles. The van der Waals surface area contributed by atoms with Crippen molar-refractivity contribution in [3.05, 3.63) is 35.4 Å². The summed E-state index contributed by atoms with van der Waals surface area (Å²) in [6.45, 7) is 15.3. The minimum absolute atomic E-state index is 0.0360. The average molecular weight is 746 g/mol. The van der Waals surface area contributed by atoms with Crippen LogP contribution in [0.4, 0.5) is 0 Å². The van der Waals surface area contributed by atoms with Gasteiger partial charge in [0, 0.05) is 37.5 Å². The van der Waals surface area contributed by atoms with Gasteiger partial charge < -0.3 is 42.7 Å². The van der Waals surface area contributed by atoms with E-state index in [1.54, 1.807) is 31.2 Å². The topological polar surface area (TPSA) is 238 Å². The summed E-state index contributed by atoms with van der Waals surface area (Å²) in [5.41, 5.74) is 6.37. The Bertz CT molecular complexity index is 1390. The van der Waals surface area contributed by atoms with Gasteiger partial charge in [-0.2, -0.15) is 0 Å². The van der Waals surface area contributed by atoms with Crippen molar-refractivity contribution in [2.24, 2.45) is 23.5 Å². The van der Waals surface area contributed by atoms with E-state index >= 15 is 0 Å². The molecular weight excluding hydrogens is 682 g/mol. The van der Waals surface area contributed by atoms with Crippen molar-refractivity contribution in [2.45, 2.75) is 137 Å². The fourth-order valence-electron chi connectivity index (χ4n) is 5.59. The van der Waals surface area contributed by atoms with Crippen LogP contribution in [0.5, 0.6) is 0 Å². The third-order valence-electron chi connectivity index (χ3n) is 8.91. The lowest BCUT2D eigenvalue weighted by Crippen LogP contribution is -2.58. The van der Waals surface area contributed by atoms with Gasteiger partial charge in [0.15, 0.2) is 0 Å². The maximum Gasteiger partial charge on any atom is 0.303 e. The number of hydrogen-bond acceptors (Lipinski definition) is 8. The highest BCUT2D eigenvalue weighted by molar-refractivity contribution is 5.93. The summed E-state index contributed by atoms with van der Waals surface area (Å²) in [5.74, 6) is -3.96. The van der Waals surface area contributed by atoms with E-state index in [1.807, 2.05) is 48.5 Å². The Labute approximate surface area is 314 Å². The summed E-state index contributed by atoms with van der Waals surface area (Å²) < 4.78 is 0. The molecule has 15 heteroatoms. The molecule has 0 aliphatic carbocycles. The van der Waals surface area contributed by atoms with E-state index in [1.165, 1.54) is 0 Å². The van der Waals surface area contributed by atoms with E-state index < -0.39 is 65.7 Å². The predicted molar refractivity (Wildman–Crippen MR) is 202 cm³/mol. The van der Waals surface area contributed by atoms with E-state index in [4.69, 9.17) is 10.8 Å². The van der Waals surface area contributed by atoms with Crippen LogP contribution < -0.4 is 37.6 Å². The number of carbonyl (C=O) groups is 7. The highest BCUT2D eigenvalue weighted by Gasteiger charge is 2.31. The smallest absolute Gasteiger partial charge is 0.303 e. The zero-order valence-corrected chi connectivity index (χ0v) is 32.7. The molecule has 0 spiro atoms. The van der Waals surface area contributed by atoms with E-state index in [0.29, 0.717) is 36.8 Å². The third kappa shape index (κ3) is 17.7. The number of hydrogen-bond donors (Lipinski definition) is 8. The minimum Gasteiger partial charge on any atom is -0.481 e. The molecule has 6 atom stereocenters. The van der Waals surface area contributed by atoms with Gasteiger partial charge in [0.05, 0.1) is 6.04 Å². The molecule has 9 N–H and O–H groups in total. The SMILES string of the molecule is CCC[C@H](NC(=O)C(NC(=O)CCCC(=O)O)[C@@H](C)CC)C(=O)N[C@H](CN[C@@H](C)C(=O)NC(C(=O)NCc1cccc(C(N)=O)c1)C(C)C)CC(C)C. The van der Waals surface area contributed by atoms with Crippen molar-refractivity contribution >= 4 is 41.4 Å². The van der Waals surface area contributed by atoms with E-state index in [0.717, 1.165) is 0 Å². The molecule has 1 rings (SSSR count). The van der Waals surface area contributed by atoms with Crippen molar-refractivity contribution < 1.29 is 38.7 Å². The molecule has 298 valence electrons. The van der Waals surface area contributed by atoms with Gasteiger partial charge in [-0.15, -0.1) is 0 Å². The monoisotopic (exact) mass is 745 g/mol. The van der Waals surface area contributed by atoms with Crippen molar-refractivity contribution in [3.8, 4) is 0 Å². The minimum atomic E-state index is -1.01. The molecule has 0 saturated carbocycles. The highest BCUT2D eigenvalue weighted by atomic mass is 16.4. The molecule has 0 bridgehead atoms. The number of carboxylic acid groups (broad SMARTS) is 1. The number of aliphatic carboxylic acids is 1. The summed E-state index contributed by atoms with van der Waals surface area (Å²) in [6.07, 6.45) is 2.07. The number of carboxylic acids is 1. The first-order valence-electron chi connectivity index (χ1n) is 18.7. The van der Waals surface area contributed by atoms with Gasteiger partial charge in [-0.1, -0.05) is 73.4 Å². The summed E-state index contributed by atoms with van der Waals surface area (Å²) in [4.78, 5) is 88.2. The Hall–Kier alpha value is -4.53. The average Bonchev–Trinajstić information content (AvgIpc) is 3.09. The lowest BCUT2D eigenvalue weighted by molar-refractivity contribution is -0.137. The Morgan fingerprint density at radius 2 is 1.47 bits per heavy atom. The van der Waals surface area contributed by atoms with Crippen LogP contribution in [0.25, 0.3) is 0 Å². The van der Waals surface area contributed by atoms with Gasteiger partial charge in [0.25, 0.3) is 0 Å². The number of nitrogens with two attached hydrogens (primary N) is 1. The lowest BCUT2D eigenvalue weighted by atomic mass is 9.97. The van der Waals surface area contributed by atoms with Crippen LogP contribution in [-0.4, -0.2) is 83.3 Å². The number of rotatable bonds is 25. The summed E-state index contributed by atoms with van der Waals surface area (Å²) in [7, 11) is 0. The van der Waals surface area contributed by atoms with Crippen molar-refractivity contribution in [2.75, 3.05) is 6.54 Å². The van der Waals surface area contributed by atoms with Gasteiger partial charge in [0.2, 0.25) is 35.4 Å². The van der Waals surface area contributed by atoms with Crippen LogP contribution in [0.1, 0.15) is 116 Å². The second-order valence-corrected chi connectivity index (χ2v) is 14.5. The maximum atomic E-state index is 13.6. The number of carbonyl (C=O) groups excluding carboxylic acids is 6. The van der Waals surface area contributed by atoms with Crippen molar-refractivity contribution in [3.63, 3.8) is 0 Å². The Balaban J connectivity index is 2.91. The molecule has 15 nitrogen and oxygen atoms in total. The van der Waals surface area contributed by atoms with Gasteiger partial charge in [0.1, 0.15) is 18.1 Å². The second kappa shape index (κ2) is 23.9. The lowest BCUT2D eigenvalue weighted by Gasteiger charge is -2.29. The number of nitrogens with one attached hydrogen (secondary N) is 6. The molecule has 0 aliphatic heterocycles. The first kappa shape index (κ1) is 46.5. The normalized spacial score (nSPS) is 14.6. The molecule has 0 radical (unpaired) electrons. The van der Waals surface area contributed by atoms with E-state index in [9.17, 15) is 33.6 Å². The molecule has 0 fully saturated rings. The standard InChI is InChI=1S/C38H63N7O8/c1-9-13-29(43-38(53)33(24(7)10-2)44-30(46)16-12-17-31(47)48)36(51)42-28(18-22(3)4)21-40-25(8)35(50)45-32(23(5)6)37(52)41-20-26-14-11-15-27(19-26)34(39)49/h11,14-15,19,22-25,28-29,32-33,40H,9-10,12-13,16-18,20-21H2,1-8H3,(H2,39,49)(H,41,52)(H,42,51)(H,43,53)(H,44,46)(H,45,50)(H,47,48)/t24-,25-,28-,29-,32?,33?/m0/s1. The largest absolute Gasteiger partial charge is 0.481 e. The zero-order valence-electron chi connectivity index (χ0n) is 32.7. The quantitative estimate of drug-likeness (QED) is 0.0731. The molecule has 0 saturated heterocycles. The summed E-state index contributed by atoms with van der Waals surface area (Å²) >= 11 is 0. The number of primary amides is 1. The Morgan fingerprint density at radius 1 is 0.792 bits per heavy atom. The Kier molecular flexibility index (Phi) is 21.0. The van der Waals surface area contributed by atoms with Gasteiger partial charge in [-0.3, -0.25) is 33.6 Å². The van der Waals surface area contributed by atoms with E-state index in [-0.39, 0.29) is 56.0 Å². The highest BCUT2D eigenvalue weighted by Crippen LogP contribution is 2.12. The molecule has 1 aromatic rings. The van der Waals surface area contributed by atoms with Crippen LogP contribution in [-0.2, 0) is 35.3 Å². The predicted octanol–water partition coefficient (Wildman–Crippen LogP) is 2.12. The summed E-state index contributed by atoms with van der Waals surface area (Å²) in [5, 5.41) is 26.3. The number of amides is 6. The van der Waals surface area contributed by atoms with Crippen LogP contribution >= 0.6 is 0 Å².